The van der Waals surface area contributed by atoms with Gasteiger partial charge in [-0.3, -0.25) is 4.79 Å². The predicted octanol–water partition coefficient (Wildman–Crippen LogP) is 0.609. The van der Waals surface area contributed by atoms with E-state index in [2.05, 4.69) is 18.7 Å². The maximum atomic E-state index is 11.3. The van der Waals surface area contributed by atoms with Crippen LogP contribution in [-0.4, -0.2) is 42.6 Å². The molecule has 0 unspecified atom stereocenters. The van der Waals surface area contributed by atoms with Crippen molar-refractivity contribution in [1.82, 2.24) is 4.90 Å². The van der Waals surface area contributed by atoms with Gasteiger partial charge in [0.05, 0.1) is 0 Å². The molecule has 0 aliphatic rings. The first-order chi connectivity index (χ1) is 6.41. The van der Waals surface area contributed by atoms with Crippen molar-refractivity contribution in [2.24, 2.45) is 5.73 Å². The van der Waals surface area contributed by atoms with E-state index in [0.29, 0.717) is 6.61 Å². The van der Waals surface area contributed by atoms with Crippen molar-refractivity contribution < 1.29 is 9.53 Å². The molecular formula is C10H22N2O2. The van der Waals surface area contributed by atoms with Gasteiger partial charge in [0, 0.05) is 6.54 Å². The number of ether oxygens (including phenoxy) is 1. The van der Waals surface area contributed by atoms with Crippen LogP contribution in [0.25, 0.3) is 0 Å². The van der Waals surface area contributed by atoms with E-state index < -0.39 is 5.54 Å². The molecule has 0 amide bonds. The number of carbonyl (C=O) groups excluding carboxylic acids is 1. The third-order valence-corrected chi connectivity index (χ3v) is 2.06. The highest BCUT2D eigenvalue weighted by Crippen LogP contribution is 1.99. The van der Waals surface area contributed by atoms with Gasteiger partial charge in [-0.1, -0.05) is 13.8 Å². The molecular weight excluding hydrogens is 180 g/mol. The van der Waals surface area contributed by atoms with Crippen LogP contribution in [0.3, 0.4) is 0 Å². The number of carbonyl (C=O) groups is 1. The fourth-order valence-electron chi connectivity index (χ4n) is 0.993. The van der Waals surface area contributed by atoms with Crippen molar-refractivity contribution in [2.45, 2.75) is 33.2 Å². The summed E-state index contributed by atoms with van der Waals surface area (Å²) in [7, 11) is 0. The number of nitrogens with zero attached hydrogens (tertiary/aromatic N) is 1. The molecule has 0 bridgehead atoms. The molecule has 0 aromatic heterocycles. The molecule has 0 saturated carbocycles. The van der Waals surface area contributed by atoms with Crippen LogP contribution in [0.1, 0.15) is 27.7 Å². The van der Waals surface area contributed by atoms with Crippen molar-refractivity contribution in [3.63, 3.8) is 0 Å². The van der Waals surface area contributed by atoms with Crippen LogP contribution >= 0.6 is 0 Å². The molecule has 0 aromatic carbocycles. The maximum Gasteiger partial charge on any atom is 0.325 e. The lowest BCUT2D eigenvalue weighted by Gasteiger charge is -2.20. The molecule has 0 saturated heterocycles. The Morgan fingerprint density at radius 2 is 1.86 bits per heavy atom. The van der Waals surface area contributed by atoms with E-state index in [1.807, 2.05) is 0 Å². The van der Waals surface area contributed by atoms with Gasteiger partial charge in [-0.05, 0) is 26.9 Å². The molecule has 2 N–H and O–H groups in total. The highest BCUT2D eigenvalue weighted by Gasteiger charge is 2.23. The van der Waals surface area contributed by atoms with E-state index >= 15 is 0 Å². The number of likely N-dealkylation sites (N-methyl/N-ethyl adjacent to an activating group) is 1. The molecule has 0 spiro atoms. The number of nitrogens with two attached hydrogens (primary N) is 1. The van der Waals surface area contributed by atoms with Crippen molar-refractivity contribution in [3.8, 4) is 0 Å². The highest BCUT2D eigenvalue weighted by atomic mass is 16.5. The van der Waals surface area contributed by atoms with Gasteiger partial charge in [0.1, 0.15) is 12.1 Å². The van der Waals surface area contributed by atoms with E-state index in [-0.39, 0.29) is 5.97 Å². The molecule has 0 aliphatic carbocycles. The van der Waals surface area contributed by atoms with E-state index in [4.69, 9.17) is 10.5 Å². The van der Waals surface area contributed by atoms with Crippen molar-refractivity contribution in [1.29, 1.82) is 0 Å². The molecule has 0 aromatic rings. The first-order valence-electron chi connectivity index (χ1n) is 5.10. The summed E-state index contributed by atoms with van der Waals surface area (Å²) in [5.74, 6) is -0.343. The Bertz CT molecular complexity index is 171. The SMILES string of the molecule is CCN(CC)CCOC(=O)C(C)(C)N. The van der Waals surface area contributed by atoms with Crippen molar-refractivity contribution in [2.75, 3.05) is 26.2 Å². The Morgan fingerprint density at radius 3 is 2.21 bits per heavy atom. The van der Waals surface area contributed by atoms with Gasteiger partial charge in [-0.2, -0.15) is 0 Å². The van der Waals surface area contributed by atoms with Crippen LogP contribution in [0, 0.1) is 0 Å². The third-order valence-electron chi connectivity index (χ3n) is 2.06. The van der Waals surface area contributed by atoms with Gasteiger partial charge < -0.3 is 15.4 Å². The summed E-state index contributed by atoms with van der Waals surface area (Å²) in [4.78, 5) is 13.4. The van der Waals surface area contributed by atoms with E-state index in [1.54, 1.807) is 13.8 Å². The summed E-state index contributed by atoms with van der Waals surface area (Å²) in [6.45, 7) is 10.6. The minimum absolute atomic E-state index is 0.343. The molecule has 4 heteroatoms. The quantitative estimate of drug-likeness (QED) is 0.641. The molecule has 0 aliphatic heterocycles. The van der Waals surface area contributed by atoms with Gasteiger partial charge in [0.2, 0.25) is 0 Å². The average molecular weight is 202 g/mol. The molecule has 0 heterocycles. The maximum absolute atomic E-state index is 11.3. The first-order valence-corrected chi connectivity index (χ1v) is 5.10. The lowest BCUT2D eigenvalue weighted by Crippen LogP contribution is -2.43. The van der Waals surface area contributed by atoms with Gasteiger partial charge >= 0.3 is 5.97 Å². The molecule has 4 nitrogen and oxygen atoms in total. The predicted molar refractivity (Wildman–Crippen MR) is 57.0 cm³/mol. The second kappa shape index (κ2) is 5.98. The van der Waals surface area contributed by atoms with Gasteiger partial charge in [-0.25, -0.2) is 0 Å². The minimum atomic E-state index is -0.886. The topological polar surface area (TPSA) is 55.6 Å². The zero-order valence-electron chi connectivity index (χ0n) is 9.67. The van der Waals surface area contributed by atoms with Crippen LogP contribution in [0.15, 0.2) is 0 Å². The molecule has 0 rings (SSSR count). The zero-order valence-corrected chi connectivity index (χ0v) is 9.67. The zero-order chi connectivity index (χ0) is 11.2. The molecule has 0 radical (unpaired) electrons. The van der Waals surface area contributed by atoms with Crippen LogP contribution in [0.4, 0.5) is 0 Å². The van der Waals surface area contributed by atoms with E-state index in [0.717, 1.165) is 19.6 Å². The van der Waals surface area contributed by atoms with Crippen LogP contribution in [-0.2, 0) is 9.53 Å². The Balaban J connectivity index is 3.69. The summed E-state index contributed by atoms with van der Waals surface area (Å²) in [6.07, 6.45) is 0. The largest absolute Gasteiger partial charge is 0.463 e. The minimum Gasteiger partial charge on any atom is -0.463 e. The first kappa shape index (κ1) is 13.4. The molecule has 84 valence electrons. The van der Waals surface area contributed by atoms with Gasteiger partial charge in [0.15, 0.2) is 0 Å². The number of rotatable bonds is 6. The third kappa shape index (κ3) is 5.19. The van der Waals surface area contributed by atoms with Crippen molar-refractivity contribution >= 4 is 5.97 Å². The fourth-order valence-corrected chi connectivity index (χ4v) is 0.993. The lowest BCUT2D eigenvalue weighted by atomic mass is 10.1. The summed E-state index contributed by atoms with van der Waals surface area (Å²) in [5, 5.41) is 0. The van der Waals surface area contributed by atoms with E-state index in [1.165, 1.54) is 0 Å². The summed E-state index contributed by atoms with van der Waals surface area (Å²) < 4.78 is 5.04. The van der Waals surface area contributed by atoms with Crippen LogP contribution in [0.5, 0.6) is 0 Å². The summed E-state index contributed by atoms with van der Waals surface area (Å²) in [6, 6.07) is 0. The Morgan fingerprint density at radius 1 is 1.36 bits per heavy atom. The van der Waals surface area contributed by atoms with Crippen LogP contribution < -0.4 is 5.73 Å². The van der Waals surface area contributed by atoms with E-state index in [9.17, 15) is 4.79 Å². The number of hydrogen-bond donors (Lipinski definition) is 1. The Labute approximate surface area is 86.4 Å². The van der Waals surface area contributed by atoms with Crippen molar-refractivity contribution in [3.05, 3.63) is 0 Å². The summed E-state index contributed by atoms with van der Waals surface area (Å²) in [5.41, 5.74) is 4.69. The standard InChI is InChI=1S/C10H22N2O2/c1-5-12(6-2)7-8-14-9(13)10(3,4)11/h5-8,11H2,1-4H3. The lowest BCUT2D eigenvalue weighted by molar-refractivity contribution is -0.149. The molecule has 0 atom stereocenters. The van der Waals surface area contributed by atoms with Gasteiger partial charge in [0.25, 0.3) is 0 Å². The number of hydrogen-bond acceptors (Lipinski definition) is 4. The fraction of sp³-hybridized carbons (Fsp3) is 0.900. The van der Waals surface area contributed by atoms with Gasteiger partial charge in [-0.15, -0.1) is 0 Å². The monoisotopic (exact) mass is 202 g/mol. The van der Waals surface area contributed by atoms with Crippen LogP contribution in [0.2, 0.25) is 0 Å². The normalized spacial score (nSPS) is 11.9. The Hall–Kier alpha value is -0.610. The smallest absolute Gasteiger partial charge is 0.325 e. The highest BCUT2D eigenvalue weighted by molar-refractivity contribution is 5.79. The summed E-state index contributed by atoms with van der Waals surface area (Å²) >= 11 is 0. The molecule has 0 fully saturated rings. The Kier molecular flexibility index (Phi) is 5.72. The number of esters is 1. The second-order valence-electron chi connectivity index (χ2n) is 3.88. The second-order valence-corrected chi connectivity index (χ2v) is 3.88. The molecule has 14 heavy (non-hydrogen) atoms. The average Bonchev–Trinajstić information content (AvgIpc) is 2.10.